The molecule has 0 aliphatic rings. The monoisotopic (exact) mass is 264 g/mol. The highest BCUT2D eigenvalue weighted by Crippen LogP contribution is 2.25. The molecule has 2 rings (SSSR count). The first-order valence-electron chi connectivity index (χ1n) is 5.18. The topological polar surface area (TPSA) is 60.5 Å². The molecule has 0 saturated carbocycles. The van der Waals surface area contributed by atoms with Crippen LogP contribution in [0.5, 0.6) is 5.75 Å². The second-order valence-electron chi connectivity index (χ2n) is 3.38. The SMILES string of the molecule is COC(=O)c1cnc(Nc2cccc(OC)c2)s1. The van der Waals surface area contributed by atoms with Crippen molar-refractivity contribution >= 4 is 28.1 Å². The first-order chi connectivity index (χ1) is 8.72. The molecule has 1 heterocycles. The Hall–Kier alpha value is -2.08. The standard InChI is InChI=1S/C12H12N2O3S/c1-16-9-5-3-4-8(6-9)14-12-13-7-10(18-12)11(15)17-2/h3-7H,1-2H3,(H,13,14). The number of benzene rings is 1. The van der Waals surface area contributed by atoms with E-state index in [-0.39, 0.29) is 5.97 Å². The summed E-state index contributed by atoms with van der Waals surface area (Å²) in [5.74, 6) is 0.371. The minimum Gasteiger partial charge on any atom is -0.497 e. The van der Waals surface area contributed by atoms with Crippen molar-refractivity contribution in [2.75, 3.05) is 19.5 Å². The normalized spacial score (nSPS) is 9.89. The molecule has 0 bridgehead atoms. The maximum Gasteiger partial charge on any atom is 0.349 e. The van der Waals surface area contributed by atoms with Crippen LogP contribution in [0.1, 0.15) is 9.67 Å². The Morgan fingerprint density at radius 2 is 2.22 bits per heavy atom. The molecule has 6 heteroatoms. The molecule has 0 fully saturated rings. The summed E-state index contributed by atoms with van der Waals surface area (Å²) in [4.78, 5) is 15.8. The molecule has 0 atom stereocenters. The van der Waals surface area contributed by atoms with Gasteiger partial charge in [0.1, 0.15) is 10.6 Å². The number of nitrogens with zero attached hydrogens (tertiary/aromatic N) is 1. The summed E-state index contributed by atoms with van der Waals surface area (Å²) >= 11 is 1.24. The number of carbonyl (C=O) groups excluding carboxylic acids is 1. The van der Waals surface area contributed by atoms with E-state index in [0.29, 0.717) is 10.0 Å². The number of carbonyl (C=O) groups is 1. The van der Waals surface area contributed by atoms with E-state index in [2.05, 4.69) is 15.0 Å². The Kier molecular flexibility index (Phi) is 3.78. The van der Waals surface area contributed by atoms with E-state index < -0.39 is 0 Å². The molecule has 1 aromatic carbocycles. The number of hydrogen-bond donors (Lipinski definition) is 1. The lowest BCUT2D eigenvalue weighted by atomic mass is 10.3. The molecule has 1 N–H and O–H groups in total. The van der Waals surface area contributed by atoms with Crippen molar-refractivity contribution in [1.82, 2.24) is 4.98 Å². The van der Waals surface area contributed by atoms with Crippen LogP contribution in [-0.2, 0) is 4.74 Å². The predicted octanol–water partition coefficient (Wildman–Crippen LogP) is 2.68. The van der Waals surface area contributed by atoms with E-state index >= 15 is 0 Å². The van der Waals surface area contributed by atoms with E-state index in [0.717, 1.165) is 11.4 Å². The summed E-state index contributed by atoms with van der Waals surface area (Å²) in [6, 6.07) is 7.46. The van der Waals surface area contributed by atoms with Gasteiger partial charge in [-0.1, -0.05) is 17.4 Å². The lowest BCUT2D eigenvalue weighted by molar-refractivity contribution is 0.0606. The molecule has 0 spiro atoms. The lowest BCUT2D eigenvalue weighted by Crippen LogP contribution is -1.96. The fourth-order valence-corrected chi connectivity index (χ4v) is 2.11. The van der Waals surface area contributed by atoms with Gasteiger partial charge < -0.3 is 14.8 Å². The summed E-state index contributed by atoms with van der Waals surface area (Å²) in [5, 5.41) is 3.73. The Balaban J connectivity index is 2.13. The summed E-state index contributed by atoms with van der Waals surface area (Å²) in [6.45, 7) is 0. The van der Waals surface area contributed by atoms with E-state index in [9.17, 15) is 4.79 Å². The van der Waals surface area contributed by atoms with E-state index in [1.54, 1.807) is 7.11 Å². The highest BCUT2D eigenvalue weighted by molar-refractivity contribution is 7.17. The van der Waals surface area contributed by atoms with Gasteiger partial charge in [0.25, 0.3) is 0 Å². The molecule has 0 aliphatic carbocycles. The third-order valence-electron chi connectivity index (χ3n) is 2.21. The van der Waals surface area contributed by atoms with Gasteiger partial charge in [0.05, 0.1) is 20.4 Å². The van der Waals surface area contributed by atoms with Crippen LogP contribution in [0.2, 0.25) is 0 Å². The average molecular weight is 264 g/mol. The Morgan fingerprint density at radius 3 is 2.94 bits per heavy atom. The molecule has 0 saturated heterocycles. The molecule has 2 aromatic rings. The third kappa shape index (κ3) is 2.78. The quantitative estimate of drug-likeness (QED) is 0.860. The van der Waals surface area contributed by atoms with Gasteiger partial charge in [0.15, 0.2) is 5.13 Å². The van der Waals surface area contributed by atoms with Crippen molar-refractivity contribution in [1.29, 1.82) is 0 Å². The van der Waals surface area contributed by atoms with Gasteiger partial charge in [-0.05, 0) is 12.1 Å². The van der Waals surface area contributed by atoms with Gasteiger partial charge in [0.2, 0.25) is 0 Å². The smallest absolute Gasteiger partial charge is 0.349 e. The van der Waals surface area contributed by atoms with Gasteiger partial charge in [-0.25, -0.2) is 9.78 Å². The fraction of sp³-hybridized carbons (Fsp3) is 0.167. The van der Waals surface area contributed by atoms with Crippen LogP contribution in [0.15, 0.2) is 30.5 Å². The van der Waals surface area contributed by atoms with E-state index in [1.807, 2.05) is 24.3 Å². The Labute approximate surface area is 108 Å². The molecular weight excluding hydrogens is 252 g/mol. The van der Waals surface area contributed by atoms with Gasteiger partial charge in [-0.3, -0.25) is 0 Å². The number of hydrogen-bond acceptors (Lipinski definition) is 6. The fourth-order valence-electron chi connectivity index (χ4n) is 1.35. The van der Waals surface area contributed by atoms with Crippen LogP contribution in [0.3, 0.4) is 0 Å². The predicted molar refractivity (Wildman–Crippen MR) is 69.7 cm³/mol. The number of thiazole rings is 1. The van der Waals surface area contributed by atoms with Crippen LogP contribution >= 0.6 is 11.3 Å². The first-order valence-corrected chi connectivity index (χ1v) is 6.00. The number of esters is 1. The largest absolute Gasteiger partial charge is 0.497 e. The molecule has 18 heavy (non-hydrogen) atoms. The van der Waals surface area contributed by atoms with Gasteiger partial charge in [-0.2, -0.15) is 0 Å². The molecule has 1 aromatic heterocycles. The van der Waals surface area contributed by atoms with Crippen molar-refractivity contribution in [3.05, 3.63) is 35.3 Å². The third-order valence-corrected chi connectivity index (χ3v) is 3.11. The second-order valence-corrected chi connectivity index (χ2v) is 4.41. The van der Waals surface area contributed by atoms with Gasteiger partial charge in [-0.15, -0.1) is 0 Å². The number of methoxy groups -OCH3 is 2. The van der Waals surface area contributed by atoms with Crippen LogP contribution < -0.4 is 10.1 Å². The maximum atomic E-state index is 11.3. The Bertz CT molecular complexity index is 554. The van der Waals surface area contributed by atoms with Crippen LogP contribution in [0.25, 0.3) is 0 Å². The van der Waals surface area contributed by atoms with Crippen LogP contribution in [0.4, 0.5) is 10.8 Å². The van der Waals surface area contributed by atoms with Gasteiger partial charge in [0, 0.05) is 11.8 Å². The highest BCUT2D eigenvalue weighted by Gasteiger charge is 2.10. The maximum absolute atomic E-state index is 11.3. The first kappa shape index (κ1) is 12.4. The molecular formula is C12H12N2O3S. The molecule has 0 aliphatic heterocycles. The van der Waals surface area contributed by atoms with Crippen molar-refractivity contribution in [2.45, 2.75) is 0 Å². The zero-order valence-corrected chi connectivity index (χ0v) is 10.8. The number of ether oxygens (including phenoxy) is 2. The molecule has 0 amide bonds. The van der Waals surface area contributed by atoms with E-state index in [1.165, 1.54) is 24.6 Å². The van der Waals surface area contributed by atoms with Crippen molar-refractivity contribution in [3.8, 4) is 5.75 Å². The minimum atomic E-state index is -0.383. The van der Waals surface area contributed by atoms with Crippen molar-refractivity contribution in [3.63, 3.8) is 0 Å². The molecule has 94 valence electrons. The summed E-state index contributed by atoms with van der Waals surface area (Å²) in [6.07, 6.45) is 1.49. The summed E-state index contributed by atoms with van der Waals surface area (Å²) in [5.41, 5.74) is 0.847. The zero-order valence-electron chi connectivity index (χ0n) is 9.97. The minimum absolute atomic E-state index is 0.383. The average Bonchev–Trinajstić information content (AvgIpc) is 2.86. The summed E-state index contributed by atoms with van der Waals surface area (Å²) in [7, 11) is 2.95. The number of rotatable bonds is 4. The molecule has 0 radical (unpaired) electrons. The van der Waals surface area contributed by atoms with Gasteiger partial charge >= 0.3 is 5.97 Å². The summed E-state index contributed by atoms with van der Waals surface area (Å²) < 4.78 is 9.74. The van der Waals surface area contributed by atoms with Crippen LogP contribution in [0, 0.1) is 0 Å². The van der Waals surface area contributed by atoms with Crippen molar-refractivity contribution in [2.24, 2.45) is 0 Å². The van der Waals surface area contributed by atoms with E-state index in [4.69, 9.17) is 4.74 Å². The second kappa shape index (κ2) is 5.50. The number of nitrogens with one attached hydrogen (secondary N) is 1. The zero-order chi connectivity index (χ0) is 13.0. The molecule has 0 unspecified atom stereocenters. The number of aromatic nitrogens is 1. The number of anilines is 2. The Morgan fingerprint density at radius 1 is 1.39 bits per heavy atom. The highest BCUT2D eigenvalue weighted by atomic mass is 32.1. The van der Waals surface area contributed by atoms with Crippen molar-refractivity contribution < 1.29 is 14.3 Å². The lowest BCUT2D eigenvalue weighted by Gasteiger charge is -2.04. The van der Waals surface area contributed by atoms with Crippen LogP contribution in [-0.4, -0.2) is 25.2 Å². The molecule has 5 nitrogen and oxygen atoms in total.